The van der Waals surface area contributed by atoms with Gasteiger partial charge in [0.25, 0.3) is 0 Å². The van der Waals surface area contributed by atoms with E-state index in [1.54, 1.807) is 5.56 Å². The van der Waals surface area contributed by atoms with Gasteiger partial charge in [-0.15, -0.1) is 0 Å². The van der Waals surface area contributed by atoms with Crippen LogP contribution in [-0.2, 0) is 12.8 Å². The molecule has 168 valence electrons. The van der Waals surface area contributed by atoms with Crippen molar-refractivity contribution in [3.05, 3.63) is 82.8 Å². The van der Waals surface area contributed by atoms with Crippen LogP contribution < -0.4 is 0 Å². The number of likely N-dealkylation sites (N-methyl/N-ethyl adjacent to an activating group) is 1. The summed E-state index contributed by atoms with van der Waals surface area (Å²) in [6, 6.07) is 17.7. The SMILES string of the molecule is Cc1nc(-c2ccccc2)nc(C)c1CCC1C[C@@H]2c3cccc4[nH]cc(c34)C[C@H]2N(C)C1. The third kappa shape index (κ3) is 3.57. The second-order valence-electron chi connectivity index (χ2n) is 10.1. The maximum atomic E-state index is 4.87. The van der Waals surface area contributed by atoms with Crippen molar-refractivity contribution in [1.29, 1.82) is 0 Å². The number of rotatable bonds is 4. The van der Waals surface area contributed by atoms with Crippen LogP contribution in [0.15, 0.2) is 54.7 Å². The van der Waals surface area contributed by atoms with Gasteiger partial charge in [0, 0.05) is 52.6 Å². The molecule has 0 bridgehead atoms. The zero-order chi connectivity index (χ0) is 22.5. The van der Waals surface area contributed by atoms with Crippen LogP contribution in [0.1, 0.15) is 46.8 Å². The smallest absolute Gasteiger partial charge is 0.159 e. The number of hydrogen-bond donors (Lipinski definition) is 1. The van der Waals surface area contributed by atoms with Crippen LogP contribution in [0, 0.1) is 19.8 Å². The van der Waals surface area contributed by atoms with E-state index < -0.39 is 0 Å². The van der Waals surface area contributed by atoms with Crippen LogP contribution >= 0.6 is 0 Å². The van der Waals surface area contributed by atoms with Crippen molar-refractivity contribution in [1.82, 2.24) is 19.9 Å². The predicted molar refractivity (Wildman–Crippen MR) is 135 cm³/mol. The summed E-state index contributed by atoms with van der Waals surface area (Å²) in [5, 5.41) is 1.49. The fourth-order valence-corrected chi connectivity index (χ4v) is 6.43. The fourth-order valence-electron chi connectivity index (χ4n) is 6.43. The number of H-pyrrole nitrogens is 1. The molecule has 3 atom stereocenters. The number of hydrogen-bond acceptors (Lipinski definition) is 3. The van der Waals surface area contributed by atoms with E-state index in [4.69, 9.17) is 9.97 Å². The number of benzene rings is 2. The minimum Gasteiger partial charge on any atom is -0.361 e. The van der Waals surface area contributed by atoms with Gasteiger partial charge >= 0.3 is 0 Å². The lowest BCUT2D eigenvalue weighted by atomic mass is 9.71. The lowest BCUT2D eigenvalue weighted by Crippen LogP contribution is -2.47. The van der Waals surface area contributed by atoms with Gasteiger partial charge in [0.15, 0.2) is 5.82 Å². The van der Waals surface area contributed by atoms with Crippen molar-refractivity contribution in [3.8, 4) is 11.4 Å². The van der Waals surface area contributed by atoms with Crippen LogP contribution in [0.4, 0.5) is 0 Å². The molecule has 4 nitrogen and oxygen atoms in total. The molecule has 1 aliphatic heterocycles. The number of fused-ring (bicyclic) bond motifs is 2. The van der Waals surface area contributed by atoms with E-state index >= 15 is 0 Å². The van der Waals surface area contributed by atoms with Gasteiger partial charge in [0.05, 0.1) is 0 Å². The Balaban J connectivity index is 1.22. The van der Waals surface area contributed by atoms with Gasteiger partial charge in [-0.3, -0.25) is 0 Å². The molecule has 3 heterocycles. The number of aryl methyl sites for hydroxylation is 2. The molecule has 2 aliphatic rings. The largest absolute Gasteiger partial charge is 0.361 e. The van der Waals surface area contributed by atoms with Crippen LogP contribution in [0.3, 0.4) is 0 Å². The van der Waals surface area contributed by atoms with Crippen molar-refractivity contribution in [3.63, 3.8) is 0 Å². The molecule has 0 amide bonds. The first-order chi connectivity index (χ1) is 16.1. The van der Waals surface area contributed by atoms with Gasteiger partial charge in [0.2, 0.25) is 0 Å². The molecule has 1 fully saturated rings. The molecule has 4 heteroatoms. The van der Waals surface area contributed by atoms with E-state index in [2.05, 4.69) is 67.3 Å². The molecule has 2 aromatic carbocycles. The highest BCUT2D eigenvalue weighted by Crippen LogP contribution is 2.45. The monoisotopic (exact) mass is 436 g/mol. The zero-order valence-corrected chi connectivity index (χ0v) is 19.8. The van der Waals surface area contributed by atoms with Crippen LogP contribution in [0.2, 0.25) is 0 Å². The molecule has 1 aliphatic carbocycles. The van der Waals surface area contributed by atoms with Gasteiger partial charge in [-0.2, -0.15) is 0 Å². The molecule has 6 rings (SSSR count). The van der Waals surface area contributed by atoms with Crippen molar-refractivity contribution in [2.24, 2.45) is 5.92 Å². The van der Waals surface area contributed by atoms with Gasteiger partial charge in [-0.05, 0) is 75.3 Å². The number of likely N-dealkylation sites (tertiary alicyclic amines) is 1. The quantitative estimate of drug-likeness (QED) is 0.437. The third-order valence-corrected chi connectivity index (χ3v) is 8.07. The van der Waals surface area contributed by atoms with E-state index in [0.29, 0.717) is 17.9 Å². The van der Waals surface area contributed by atoms with Crippen molar-refractivity contribution < 1.29 is 0 Å². The summed E-state index contributed by atoms with van der Waals surface area (Å²) in [7, 11) is 2.33. The highest BCUT2D eigenvalue weighted by molar-refractivity contribution is 5.88. The molecular formula is C29H32N4. The third-order valence-electron chi connectivity index (χ3n) is 8.07. The molecule has 0 saturated carbocycles. The maximum Gasteiger partial charge on any atom is 0.159 e. The van der Waals surface area contributed by atoms with E-state index in [9.17, 15) is 0 Å². The molecule has 33 heavy (non-hydrogen) atoms. The van der Waals surface area contributed by atoms with Crippen molar-refractivity contribution in [2.45, 2.75) is 51.5 Å². The Kier molecular flexibility index (Phi) is 5.06. The molecule has 1 N–H and O–H groups in total. The van der Waals surface area contributed by atoms with Gasteiger partial charge in [-0.25, -0.2) is 9.97 Å². The van der Waals surface area contributed by atoms with Crippen LogP contribution in [-0.4, -0.2) is 39.5 Å². The summed E-state index contributed by atoms with van der Waals surface area (Å²) < 4.78 is 0. The Hall–Kier alpha value is -2.98. The van der Waals surface area contributed by atoms with E-state index in [1.807, 2.05) is 18.2 Å². The average molecular weight is 437 g/mol. The molecule has 4 aromatic rings. The fraction of sp³-hybridized carbons (Fsp3) is 0.379. The molecule has 1 saturated heterocycles. The Labute approximate surface area is 196 Å². The number of nitrogens with zero attached hydrogens (tertiary/aromatic N) is 3. The lowest BCUT2D eigenvalue weighted by Gasteiger charge is -2.45. The normalized spacial score (nSPS) is 22.5. The van der Waals surface area contributed by atoms with Crippen molar-refractivity contribution >= 4 is 10.9 Å². The molecule has 0 radical (unpaired) electrons. The molecule has 0 spiro atoms. The van der Waals surface area contributed by atoms with E-state index in [0.717, 1.165) is 35.6 Å². The number of piperidine rings is 1. The first-order valence-corrected chi connectivity index (χ1v) is 12.3. The molecule has 1 unspecified atom stereocenters. The number of nitrogens with one attached hydrogen (secondary N) is 1. The summed E-state index contributed by atoms with van der Waals surface area (Å²) >= 11 is 0. The van der Waals surface area contributed by atoms with Crippen LogP contribution in [0.5, 0.6) is 0 Å². The van der Waals surface area contributed by atoms with E-state index in [1.165, 1.54) is 41.4 Å². The Morgan fingerprint density at radius 1 is 1.00 bits per heavy atom. The standard InChI is InChI=1S/C29H32N4/c1-18-23(19(2)32-29(31-18)21-8-5-4-6-9-21)13-12-20-14-25-24-10-7-11-26-28(24)22(16-30-26)15-27(25)33(3)17-20/h4-11,16,20,25,27,30H,12-15,17H2,1-3H3/t20?,25-,27-/m1/s1. The zero-order valence-electron chi connectivity index (χ0n) is 19.8. The van der Waals surface area contributed by atoms with Crippen LogP contribution in [0.25, 0.3) is 22.3 Å². The summed E-state index contributed by atoms with van der Waals surface area (Å²) in [5.74, 6) is 2.16. The van der Waals surface area contributed by atoms with Gasteiger partial charge in [0.1, 0.15) is 0 Å². The maximum absolute atomic E-state index is 4.87. The van der Waals surface area contributed by atoms with Gasteiger partial charge in [-0.1, -0.05) is 42.5 Å². The Morgan fingerprint density at radius 3 is 2.58 bits per heavy atom. The highest BCUT2D eigenvalue weighted by atomic mass is 15.1. The second kappa shape index (κ2) is 8.11. The number of aromatic amines is 1. The molecular weight excluding hydrogens is 404 g/mol. The minimum atomic E-state index is 0.618. The lowest BCUT2D eigenvalue weighted by molar-refractivity contribution is 0.108. The predicted octanol–water partition coefficient (Wildman–Crippen LogP) is 5.83. The Morgan fingerprint density at radius 2 is 1.79 bits per heavy atom. The summed E-state index contributed by atoms with van der Waals surface area (Å²) in [5.41, 5.74) is 9.02. The highest BCUT2D eigenvalue weighted by Gasteiger charge is 2.39. The second-order valence-corrected chi connectivity index (χ2v) is 10.1. The summed E-state index contributed by atoms with van der Waals surface area (Å²) in [4.78, 5) is 15.9. The van der Waals surface area contributed by atoms with E-state index in [-0.39, 0.29) is 0 Å². The average Bonchev–Trinajstić information content (AvgIpc) is 3.24. The summed E-state index contributed by atoms with van der Waals surface area (Å²) in [6.07, 6.45) is 6.92. The number of aromatic nitrogens is 3. The van der Waals surface area contributed by atoms with Gasteiger partial charge < -0.3 is 9.88 Å². The first kappa shape index (κ1) is 20.6. The Bertz CT molecular complexity index is 1280. The first-order valence-electron chi connectivity index (χ1n) is 12.3. The summed E-state index contributed by atoms with van der Waals surface area (Å²) in [6.45, 7) is 5.47. The molecule has 2 aromatic heterocycles. The topological polar surface area (TPSA) is 44.8 Å². The van der Waals surface area contributed by atoms with Crippen molar-refractivity contribution in [2.75, 3.05) is 13.6 Å². The minimum absolute atomic E-state index is 0.618.